The highest BCUT2D eigenvalue weighted by Crippen LogP contribution is 2.37. The van der Waals surface area contributed by atoms with Crippen LogP contribution in [0.4, 0.5) is 0 Å². The van der Waals surface area contributed by atoms with E-state index in [9.17, 15) is 9.90 Å². The third kappa shape index (κ3) is 3.57. The molecule has 2 aromatic rings. The van der Waals surface area contributed by atoms with Gasteiger partial charge in [-0.3, -0.25) is 9.79 Å². The molecule has 0 fully saturated rings. The second-order valence-electron chi connectivity index (χ2n) is 7.42. The molecule has 4 rings (SSSR count). The summed E-state index contributed by atoms with van der Waals surface area (Å²) in [7, 11) is 0. The summed E-state index contributed by atoms with van der Waals surface area (Å²) in [5.74, 6) is -0.00755. The Bertz CT molecular complexity index is 935. The number of aliphatic hydroxyl groups is 1. The van der Waals surface area contributed by atoms with Gasteiger partial charge >= 0.3 is 0 Å². The van der Waals surface area contributed by atoms with E-state index in [2.05, 4.69) is 12.1 Å². The molecule has 2 aromatic carbocycles. The third-order valence-corrected chi connectivity index (χ3v) is 5.90. The van der Waals surface area contributed by atoms with E-state index in [0.29, 0.717) is 29.1 Å². The van der Waals surface area contributed by atoms with Gasteiger partial charge in [0, 0.05) is 23.6 Å². The second-order valence-corrected chi connectivity index (χ2v) is 7.82. The van der Waals surface area contributed by atoms with Crippen LogP contribution in [-0.4, -0.2) is 22.6 Å². The number of carbonyl (C=O) groups excluding carboxylic acids is 1. The van der Waals surface area contributed by atoms with Gasteiger partial charge in [-0.2, -0.15) is 0 Å². The van der Waals surface area contributed by atoms with Crippen molar-refractivity contribution in [2.24, 2.45) is 4.99 Å². The molecule has 3 nitrogen and oxygen atoms in total. The Balaban J connectivity index is 1.56. The number of aliphatic hydroxyl groups excluding tert-OH is 1. The number of nitrogens with zero attached hydrogens (tertiary/aromatic N) is 1. The number of hydrogen-bond donors (Lipinski definition) is 1. The van der Waals surface area contributed by atoms with Crippen LogP contribution in [0.3, 0.4) is 0 Å². The predicted octanol–water partition coefficient (Wildman–Crippen LogP) is 5.23. The van der Waals surface area contributed by atoms with Crippen LogP contribution in [0.5, 0.6) is 0 Å². The first-order valence-electron chi connectivity index (χ1n) is 9.34. The zero-order chi connectivity index (χ0) is 19.0. The number of benzene rings is 2. The van der Waals surface area contributed by atoms with Gasteiger partial charge in [0.1, 0.15) is 5.76 Å². The zero-order valence-corrected chi connectivity index (χ0v) is 16.0. The Morgan fingerprint density at radius 2 is 1.63 bits per heavy atom. The lowest BCUT2D eigenvalue weighted by atomic mass is 9.81. The van der Waals surface area contributed by atoms with Gasteiger partial charge in [-0.15, -0.1) is 0 Å². The first kappa shape index (κ1) is 18.0. The molecule has 2 aliphatic carbocycles. The second kappa shape index (κ2) is 7.32. The first-order valence-corrected chi connectivity index (χ1v) is 9.72. The SMILES string of the molecule is CC(=NC1Cc2ccccc2C1)C1=C(O)CC(c2ccccc2Cl)CC1=O. The lowest BCUT2D eigenvalue weighted by Crippen LogP contribution is -2.23. The summed E-state index contributed by atoms with van der Waals surface area (Å²) in [6, 6.07) is 16.0. The van der Waals surface area contributed by atoms with E-state index >= 15 is 0 Å². The molecule has 1 unspecified atom stereocenters. The van der Waals surface area contributed by atoms with Crippen LogP contribution in [0, 0.1) is 0 Å². The number of carbonyl (C=O) groups is 1. The smallest absolute Gasteiger partial charge is 0.168 e. The van der Waals surface area contributed by atoms with Crippen molar-refractivity contribution in [2.45, 2.75) is 44.6 Å². The molecule has 138 valence electrons. The quantitative estimate of drug-likeness (QED) is 0.742. The maximum absolute atomic E-state index is 12.8. The van der Waals surface area contributed by atoms with E-state index in [4.69, 9.17) is 16.6 Å². The van der Waals surface area contributed by atoms with Gasteiger partial charge in [-0.25, -0.2) is 0 Å². The summed E-state index contributed by atoms with van der Waals surface area (Å²) in [5.41, 5.74) is 4.61. The number of rotatable bonds is 3. The van der Waals surface area contributed by atoms with Crippen LogP contribution < -0.4 is 0 Å². The Morgan fingerprint density at radius 1 is 1.00 bits per heavy atom. The zero-order valence-electron chi connectivity index (χ0n) is 15.3. The monoisotopic (exact) mass is 379 g/mol. The van der Waals surface area contributed by atoms with Crippen LogP contribution in [-0.2, 0) is 17.6 Å². The molecule has 0 heterocycles. The van der Waals surface area contributed by atoms with Crippen LogP contribution >= 0.6 is 11.6 Å². The van der Waals surface area contributed by atoms with Crippen LogP contribution in [0.25, 0.3) is 0 Å². The summed E-state index contributed by atoms with van der Waals surface area (Å²) >= 11 is 6.28. The number of fused-ring (bicyclic) bond motifs is 1. The average Bonchev–Trinajstić information content (AvgIpc) is 3.03. The van der Waals surface area contributed by atoms with E-state index in [-0.39, 0.29) is 23.5 Å². The van der Waals surface area contributed by atoms with Crippen LogP contribution in [0.2, 0.25) is 5.02 Å². The highest BCUT2D eigenvalue weighted by atomic mass is 35.5. The van der Waals surface area contributed by atoms with Gasteiger partial charge < -0.3 is 5.11 Å². The van der Waals surface area contributed by atoms with Gasteiger partial charge in [0.2, 0.25) is 0 Å². The normalized spacial score (nSPS) is 20.9. The minimum absolute atomic E-state index is 0.0552. The molecule has 0 saturated carbocycles. The molecule has 0 amide bonds. The Hall–Kier alpha value is -2.39. The highest BCUT2D eigenvalue weighted by Gasteiger charge is 2.31. The van der Waals surface area contributed by atoms with Crippen molar-refractivity contribution < 1.29 is 9.90 Å². The topological polar surface area (TPSA) is 49.7 Å². The summed E-state index contributed by atoms with van der Waals surface area (Å²) in [6.07, 6.45) is 2.54. The maximum Gasteiger partial charge on any atom is 0.168 e. The Morgan fingerprint density at radius 3 is 2.26 bits per heavy atom. The number of hydrogen-bond acceptors (Lipinski definition) is 3. The standard InChI is InChI=1S/C23H22ClNO2/c1-14(25-18-10-15-6-2-3-7-16(15)11-18)23-21(26)12-17(13-22(23)27)19-8-4-5-9-20(19)24/h2-9,17-18,26H,10-13H2,1H3. The summed E-state index contributed by atoms with van der Waals surface area (Å²) in [5, 5.41) is 11.3. The van der Waals surface area contributed by atoms with E-state index in [1.165, 1.54) is 11.1 Å². The fourth-order valence-corrected chi connectivity index (χ4v) is 4.59. The van der Waals surface area contributed by atoms with Crippen molar-refractivity contribution in [3.63, 3.8) is 0 Å². The number of ketones is 1. The van der Waals surface area contributed by atoms with Crippen molar-refractivity contribution in [3.8, 4) is 0 Å². The Kier molecular flexibility index (Phi) is 4.88. The van der Waals surface area contributed by atoms with Gasteiger partial charge in [0.25, 0.3) is 0 Å². The minimum atomic E-state index is -0.0847. The van der Waals surface area contributed by atoms with Crippen molar-refractivity contribution in [1.82, 2.24) is 0 Å². The van der Waals surface area contributed by atoms with E-state index in [1.807, 2.05) is 43.3 Å². The third-order valence-electron chi connectivity index (χ3n) is 5.55. The highest BCUT2D eigenvalue weighted by molar-refractivity contribution is 6.31. The van der Waals surface area contributed by atoms with Crippen molar-refractivity contribution in [3.05, 3.63) is 81.6 Å². The fourth-order valence-electron chi connectivity index (χ4n) is 4.30. The van der Waals surface area contributed by atoms with Gasteiger partial charge in [0.05, 0.1) is 11.6 Å². The molecule has 1 atom stereocenters. The number of aliphatic imine (C=N–C) groups is 1. The van der Waals surface area contributed by atoms with E-state index in [1.54, 1.807) is 0 Å². The molecular weight excluding hydrogens is 358 g/mol. The molecule has 0 radical (unpaired) electrons. The summed E-state index contributed by atoms with van der Waals surface area (Å²) < 4.78 is 0. The predicted molar refractivity (Wildman–Crippen MR) is 109 cm³/mol. The van der Waals surface area contributed by atoms with Gasteiger partial charge in [-0.1, -0.05) is 54.1 Å². The lowest BCUT2D eigenvalue weighted by Gasteiger charge is -2.24. The number of halogens is 1. The van der Waals surface area contributed by atoms with Crippen LogP contribution in [0.15, 0.2) is 64.9 Å². The lowest BCUT2D eigenvalue weighted by molar-refractivity contribution is -0.116. The molecule has 1 N–H and O–H groups in total. The number of allylic oxidation sites excluding steroid dienone is 2. The number of Topliss-reactive ketones (excluding diaryl/α,β-unsaturated/α-hetero) is 1. The minimum Gasteiger partial charge on any atom is -0.511 e. The van der Waals surface area contributed by atoms with E-state index in [0.717, 1.165) is 18.4 Å². The molecule has 0 spiro atoms. The van der Waals surface area contributed by atoms with Crippen molar-refractivity contribution in [2.75, 3.05) is 0 Å². The molecule has 0 aliphatic heterocycles. The maximum atomic E-state index is 12.8. The summed E-state index contributed by atoms with van der Waals surface area (Å²) in [6.45, 7) is 1.84. The van der Waals surface area contributed by atoms with Gasteiger partial charge in [-0.05, 0) is 48.4 Å². The van der Waals surface area contributed by atoms with Crippen molar-refractivity contribution >= 4 is 23.1 Å². The fraction of sp³-hybridized carbons (Fsp3) is 0.304. The van der Waals surface area contributed by atoms with Gasteiger partial charge in [0.15, 0.2) is 5.78 Å². The van der Waals surface area contributed by atoms with Crippen LogP contribution in [0.1, 0.15) is 42.4 Å². The van der Waals surface area contributed by atoms with E-state index < -0.39 is 0 Å². The molecule has 2 aliphatic rings. The largest absolute Gasteiger partial charge is 0.511 e. The molecule has 4 heteroatoms. The first-order chi connectivity index (χ1) is 13.0. The molecule has 0 bridgehead atoms. The Labute approximate surface area is 164 Å². The average molecular weight is 380 g/mol. The van der Waals surface area contributed by atoms with Crippen molar-refractivity contribution in [1.29, 1.82) is 0 Å². The molecule has 27 heavy (non-hydrogen) atoms. The summed E-state index contributed by atoms with van der Waals surface area (Å²) in [4.78, 5) is 17.6. The molecule has 0 saturated heterocycles. The molecule has 0 aromatic heterocycles. The molecular formula is C23H22ClNO2.